The van der Waals surface area contributed by atoms with Crippen LogP contribution in [0.25, 0.3) is 5.82 Å². The Hall–Kier alpha value is -2.92. The number of hydrogen-bond acceptors (Lipinski definition) is 7. The van der Waals surface area contributed by atoms with Gasteiger partial charge in [0.2, 0.25) is 16.0 Å². The van der Waals surface area contributed by atoms with Crippen LogP contribution in [-0.2, 0) is 10.0 Å². The van der Waals surface area contributed by atoms with E-state index in [1.807, 2.05) is 4.90 Å². The van der Waals surface area contributed by atoms with Gasteiger partial charge in [-0.1, -0.05) is 0 Å². The van der Waals surface area contributed by atoms with Crippen molar-refractivity contribution in [2.75, 3.05) is 31.1 Å². The van der Waals surface area contributed by atoms with E-state index < -0.39 is 15.8 Å². The largest absolute Gasteiger partial charge is 0.338 e. The topological polar surface area (TPSA) is 97.1 Å². The summed E-state index contributed by atoms with van der Waals surface area (Å²) in [5.74, 6) is 0.615. The van der Waals surface area contributed by atoms with Gasteiger partial charge in [-0.15, -0.1) is 0 Å². The molecule has 2 aromatic heterocycles. The Morgan fingerprint density at radius 1 is 1.00 bits per heavy atom. The zero-order valence-corrected chi connectivity index (χ0v) is 15.0. The minimum absolute atomic E-state index is 0.0850. The average molecular weight is 389 g/mol. The van der Waals surface area contributed by atoms with E-state index in [2.05, 4.69) is 20.1 Å². The second-order valence-corrected chi connectivity index (χ2v) is 7.84. The number of halogens is 1. The number of aromatic nitrogens is 5. The maximum atomic E-state index is 13.1. The maximum absolute atomic E-state index is 13.1. The standard InChI is InChI=1S/C16H16FN7O2S/c17-13-1-3-14(4-2-13)27(25,26)23-9-7-22(8-10-23)16-19-6-5-15(21-16)24-12-18-11-20-24/h1-6,11-12H,7-10H2. The second kappa shape index (κ2) is 7.00. The third-order valence-corrected chi connectivity index (χ3v) is 6.17. The molecular formula is C16H16FN7O2S. The van der Waals surface area contributed by atoms with Crippen molar-refractivity contribution in [2.24, 2.45) is 0 Å². The fraction of sp³-hybridized carbons (Fsp3) is 0.250. The molecule has 0 N–H and O–H groups in total. The Kier molecular flexibility index (Phi) is 4.54. The van der Waals surface area contributed by atoms with E-state index in [0.717, 1.165) is 12.1 Å². The predicted octanol–water partition coefficient (Wildman–Crippen LogP) is 0.707. The Labute approximate surface area is 155 Å². The van der Waals surface area contributed by atoms with Crippen molar-refractivity contribution in [2.45, 2.75) is 4.90 Å². The third kappa shape index (κ3) is 3.51. The van der Waals surface area contributed by atoms with Crippen molar-refractivity contribution in [1.29, 1.82) is 0 Å². The first kappa shape index (κ1) is 17.5. The van der Waals surface area contributed by atoms with Gasteiger partial charge in [-0.05, 0) is 24.3 Å². The van der Waals surface area contributed by atoms with Crippen LogP contribution in [-0.4, -0.2) is 63.6 Å². The van der Waals surface area contributed by atoms with Gasteiger partial charge in [-0.2, -0.15) is 14.4 Å². The van der Waals surface area contributed by atoms with Gasteiger partial charge in [0.15, 0.2) is 5.82 Å². The monoisotopic (exact) mass is 389 g/mol. The number of rotatable bonds is 4. The molecule has 0 unspecified atom stereocenters. The lowest BCUT2D eigenvalue weighted by Crippen LogP contribution is -2.49. The van der Waals surface area contributed by atoms with E-state index in [-0.39, 0.29) is 18.0 Å². The normalized spacial score (nSPS) is 15.8. The third-order valence-electron chi connectivity index (χ3n) is 4.25. The van der Waals surface area contributed by atoms with E-state index in [9.17, 15) is 12.8 Å². The van der Waals surface area contributed by atoms with Crippen LogP contribution in [0.4, 0.5) is 10.3 Å². The molecule has 1 aromatic carbocycles. The highest BCUT2D eigenvalue weighted by Crippen LogP contribution is 2.20. The molecule has 0 radical (unpaired) electrons. The maximum Gasteiger partial charge on any atom is 0.243 e. The molecule has 1 aliphatic heterocycles. The van der Waals surface area contributed by atoms with Crippen LogP contribution >= 0.6 is 0 Å². The Morgan fingerprint density at radius 3 is 2.41 bits per heavy atom. The zero-order chi connectivity index (χ0) is 18.9. The Balaban J connectivity index is 1.48. The number of anilines is 1. The van der Waals surface area contributed by atoms with Crippen LogP contribution in [0.5, 0.6) is 0 Å². The van der Waals surface area contributed by atoms with E-state index in [1.54, 1.807) is 18.6 Å². The molecule has 3 heterocycles. The predicted molar refractivity (Wildman–Crippen MR) is 94.3 cm³/mol. The van der Waals surface area contributed by atoms with E-state index in [0.29, 0.717) is 24.9 Å². The van der Waals surface area contributed by atoms with Gasteiger partial charge in [0.25, 0.3) is 0 Å². The molecule has 1 fully saturated rings. The summed E-state index contributed by atoms with van der Waals surface area (Å²) >= 11 is 0. The number of hydrogen-bond donors (Lipinski definition) is 0. The van der Waals surface area contributed by atoms with Crippen LogP contribution in [0, 0.1) is 5.82 Å². The van der Waals surface area contributed by atoms with Crippen molar-refractivity contribution in [1.82, 2.24) is 29.0 Å². The summed E-state index contributed by atoms with van der Waals surface area (Å²) in [6.07, 6.45) is 4.58. The van der Waals surface area contributed by atoms with Crippen molar-refractivity contribution < 1.29 is 12.8 Å². The highest BCUT2D eigenvalue weighted by atomic mass is 32.2. The average Bonchev–Trinajstić information content (AvgIpc) is 3.23. The van der Waals surface area contributed by atoms with Gasteiger partial charge in [0, 0.05) is 38.4 Å². The summed E-state index contributed by atoms with van der Waals surface area (Å²) in [5, 5.41) is 4.04. The molecule has 3 aromatic rings. The molecule has 4 rings (SSSR count). The zero-order valence-electron chi connectivity index (χ0n) is 14.2. The smallest absolute Gasteiger partial charge is 0.243 e. The second-order valence-electron chi connectivity index (χ2n) is 5.90. The fourth-order valence-electron chi connectivity index (χ4n) is 2.83. The highest BCUT2D eigenvalue weighted by molar-refractivity contribution is 7.89. The highest BCUT2D eigenvalue weighted by Gasteiger charge is 2.29. The molecule has 0 aliphatic carbocycles. The summed E-state index contributed by atoms with van der Waals surface area (Å²) in [5.41, 5.74) is 0. The molecular weight excluding hydrogens is 373 g/mol. The van der Waals surface area contributed by atoms with Gasteiger partial charge in [0.05, 0.1) is 4.90 Å². The van der Waals surface area contributed by atoms with Crippen LogP contribution in [0.3, 0.4) is 0 Å². The first-order valence-corrected chi connectivity index (χ1v) is 9.67. The summed E-state index contributed by atoms with van der Waals surface area (Å²) in [7, 11) is -3.65. The van der Waals surface area contributed by atoms with Crippen molar-refractivity contribution in [3.05, 3.63) is 55.0 Å². The van der Waals surface area contributed by atoms with Gasteiger partial charge >= 0.3 is 0 Å². The molecule has 9 nitrogen and oxygen atoms in total. The summed E-state index contributed by atoms with van der Waals surface area (Å²) in [6, 6.07) is 6.57. The van der Waals surface area contributed by atoms with Crippen LogP contribution in [0.15, 0.2) is 54.1 Å². The quantitative estimate of drug-likeness (QED) is 0.648. The summed E-state index contributed by atoms with van der Waals surface area (Å²) in [4.78, 5) is 14.6. The number of piperazine rings is 1. The molecule has 1 aliphatic rings. The SMILES string of the molecule is O=S(=O)(c1ccc(F)cc1)N1CCN(c2nccc(-n3cncn3)n2)CC1. The fourth-order valence-corrected chi connectivity index (χ4v) is 4.25. The van der Waals surface area contributed by atoms with Crippen LogP contribution < -0.4 is 4.90 Å². The molecule has 0 saturated carbocycles. The first-order chi connectivity index (χ1) is 13.0. The van der Waals surface area contributed by atoms with Gasteiger partial charge in [-0.3, -0.25) is 0 Å². The van der Waals surface area contributed by atoms with Crippen molar-refractivity contribution in [3.8, 4) is 5.82 Å². The molecule has 11 heteroatoms. The van der Waals surface area contributed by atoms with Crippen LogP contribution in [0.1, 0.15) is 0 Å². The summed E-state index contributed by atoms with van der Waals surface area (Å²) in [6.45, 7) is 1.47. The van der Waals surface area contributed by atoms with E-state index in [1.165, 1.54) is 27.4 Å². The Bertz CT molecular complexity index is 1020. The first-order valence-electron chi connectivity index (χ1n) is 8.23. The molecule has 0 amide bonds. The molecule has 0 bridgehead atoms. The molecule has 1 saturated heterocycles. The van der Waals surface area contributed by atoms with E-state index >= 15 is 0 Å². The molecule has 0 spiro atoms. The van der Waals surface area contributed by atoms with E-state index in [4.69, 9.17) is 0 Å². The van der Waals surface area contributed by atoms with Crippen molar-refractivity contribution >= 4 is 16.0 Å². The lowest BCUT2D eigenvalue weighted by molar-refractivity contribution is 0.382. The minimum atomic E-state index is -3.65. The molecule has 27 heavy (non-hydrogen) atoms. The van der Waals surface area contributed by atoms with Crippen molar-refractivity contribution in [3.63, 3.8) is 0 Å². The number of nitrogens with zero attached hydrogens (tertiary/aromatic N) is 7. The van der Waals surface area contributed by atoms with Crippen LogP contribution in [0.2, 0.25) is 0 Å². The summed E-state index contributed by atoms with van der Waals surface area (Å²) < 4.78 is 41.3. The minimum Gasteiger partial charge on any atom is -0.338 e. The lowest BCUT2D eigenvalue weighted by Gasteiger charge is -2.34. The van der Waals surface area contributed by atoms with Gasteiger partial charge in [-0.25, -0.2) is 27.5 Å². The number of sulfonamides is 1. The Morgan fingerprint density at radius 2 is 1.74 bits per heavy atom. The van der Waals surface area contributed by atoms with Gasteiger partial charge in [0.1, 0.15) is 18.5 Å². The lowest BCUT2D eigenvalue weighted by atomic mass is 10.3. The molecule has 140 valence electrons. The van der Waals surface area contributed by atoms with Gasteiger partial charge < -0.3 is 4.90 Å². The number of benzene rings is 1. The molecule has 0 atom stereocenters.